The minimum absolute atomic E-state index is 0.123. The van der Waals surface area contributed by atoms with E-state index in [1.165, 1.54) is 12.1 Å². The van der Waals surface area contributed by atoms with Crippen LogP contribution in [0.5, 0.6) is 17.4 Å². The molecule has 4 rings (SSSR count). The summed E-state index contributed by atoms with van der Waals surface area (Å²) in [6.45, 7) is 2.72. The van der Waals surface area contributed by atoms with E-state index in [2.05, 4.69) is 4.98 Å². The van der Waals surface area contributed by atoms with Crippen LogP contribution >= 0.6 is 23.2 Å². The Bertz CT molecular complexity index is 1360. The van der Waals surface area contributed by atoms with Gasteiger partial charge in [0.05, 0.1) is 24.5 Å². The van der Waals surface area contributed by atoms with Gasteiger partial charge in [-0.25, -0.2) is 18.1 Å². The zero-order valence-corrected chi connectivity index (χ0v) is 20.5. The first kappa shape index (κ1) is 24.3. The van der Waals surface area contributed by atoms with Gasteiger partial charge < -0.3 is 14.2 Å². The van der Waals surface area contributed by atoms with Crippen LogP contribution in [0.1, 0.15) is 15.9 Å². The maximum atomic E-state index is 12.3. The van der Waals surface area contributed by atoms with E-state index in [9.17, 15) is 13.2 Å². The molecular formula is C23H20Cl2N2O6S. The van der Waals surface area contributed by atoms with Crippen LogP contribution < -0.4 is 14.2 Å². The molecule has 1 amide bonds. The van der Waals surface area contributed by atoms with Gasteiger partial charge in [-0.15, -0.1) is 0 Å². The lowest BCUT2D eigenvalue weighted by Crippen LogP contribution is -2.38. The smallest absolute Gasteiger partial charge is 0.264 e. The molecule has 0 aliphatic carbocycles. The Morgan fingerprint density at radius 3 is 2.50 bits per heavy atom. The van der Waals surface area contributed by atoms with E-state index >= 15 is 0 Å². The van der Waals surface area contributed by atoms with Crippen LogP contribution in [-0.2, 0) is 14.8 Å². The third-order valence-electron chi connectivity index (χ3n) is 4.83. The fourth-order valence-electron chi connectivity index (χ4n) is 3.13. The molecule has 1 aromatic heterocycles. The maximum absolute atomic E-state index is 12.3. The van der Waals surface area contributed by atoms with Crippen molar-refractivity contribution in [2.45, 2.75) is 13.0 Å². The van der Waals surface area contributed by atoms with Crippen LogP contribution in [0.4, 0.5) is 0 Å². The van der Waals surface area contributed by atoms with E-state index in [4.69, 9.17) is 37.4 Å². The summed E-state index contributed by atoms with van der Waals surface area (Å²) in [6.07, 6.45) is 2.27. The number of hydrogen-bond donors (Lipinski definition) is 1. The summed E-state index contributed by atoms with van der Waals surface area (Å²) < 4.78 is 41.8. The molecule has 8 nitrogen and oxygen atoms in total. The normalized spacial score (nSPS) is 13.8. The van der Waals surface area contributed by atoms with Crippen molar-refractivity contribution >= 4 is 39.1 Å². The first-order chi connectivity index (χ1) is 16.1. The molecule has 1 fully saturated rings. The van der Waals surface area contributed by atoms with Gasteiger partial charge in [-0.2, -0.15) is 0 Å². The average Bonchev–Trinajstić information content (AvgIpc) is 2.73. The number of sulfonamides is 1. The van der Waals surface area contributed by atoms with E-state index in [1.54, 1.807) is 30.5 Å². The number of pyridine rings is 1. The lowest BCUT2D eigenvalue weighted by Gasteiger charge is -2.28. The molecule has 0 unspecified atom stereocenters. The fourth-order valence-corrected chi connectivity index (χ4v) is 3.94. The van der Waals surface area contributed by atoms with E-state index in [-0.39, 0.29) is 22.6 Å². The van der Waals surface area contributed by atoms with Gasteiger partial charge in [0.25, 0.3) is 5.91 Å². The molecule has 1 saturated heterocycles. The number of nitrogens with zero attached hydrogens (tertiary/aromatic N) is 1. The van der Waals surface area contributed by atoms with Gasteiger partial charge in [0.15, 0.2) is 0 Å². The second kappa shape index (κ2) is 9.79. The predicted octanol–water partition coefficient (Wildman–Crippen LogP) is 4.62. The van der Waals surface area contributed by atoms with Crippen molar-refractivity contribution in [2.24, 2.45) is 0 Å². The largest absolute Gasteiger partial charge is 0.485 e. The van der Waals surface area contributed by atoms with E-state index in [1.807, 2.05) is 17.7 Å². The van der Waals surface area contributed by atoms with Crippen LogP contribution in [-0.4, -0.2) is 44.9 Å². The van der Waals surface area contributed by atoms with Crippen LogP contribution in [0.2, 0.25) is 10.0 Å². The molecule has 0 atom stereocenters. The number of amides is 1. The number of carbonyl (C=O) groups is 1. The SMILES string of the molecule is Cc1ccc(Cl)c(Oc2ncc(-c3ccc(C(=O)NS(C)(=O)=O)cc3OC3COC3)cc2Cl)c1. The summed E-state index contributed by atoms with van der Waals surface area (Å²) >= 11 is 12.7. The monoisotopic (exact) mass is 522 g/mol. The Balaban J connectivity index is 1.66. The molecule has 2 heterocycles. The molecule has 178 valence electrons. The molecule has 1 aliphatic rings. The fraction of sp³-hybridized carbons (Fsp3) is 0.217. The summed E-state index contributed by atoms with van der Waals surface area (Å²) in [5, 5.41) is 0.667. The van der Waals surface area contributed by atoms with Crippen molar-refractivity contribution in [1.29, 1.82) is 0 Å². The van der Waals surface area contributed by atoms with Crippen molar-refractivity contribution in [1.82, 2.24) is 9.71 Å². The standard InChI is InChI=1S/C23H20Cl2N2O6S/c1-13-3-6-18(24)21(7-13)33-23-19(25)8-15(10-26-23)17-5-4-14(22(28)27-34(2,29)30)9-20(17)32-16-11-31-12-16/h3-10,16H,11-12H2,1-2H3,(H,27,28). The quantitative estimate of drug-likeness (QED) is 0.482. The number of nitrogens with one attached hydrogen (secondary N) is 1. The Labute approximate surface area is 206 Å². The number of benzene rings is 2. The molecule has 0 spiro atoms. The molecule has 11 heteroatoms. The van der Waals surface area contributed by atoms with Gasteiger partial charge in [-0.1, -0.05) is 29.3 Å². The third-order valence-corrected chi connectivity index (χ3v) is 5.97. The zero-order valence-electron chi connectivity index (χ0n) is 18.2. The Morgan fingerprint density at radius 1 is 1.09 bits per heavy atom. The first-order valence-corrected chi connectivity index (χ1v) is 12.7. The van der Waals surface area contributed by atoms with Gasteiger partial charge in [-0.05, 0) is 48.9 Å². The first-order valence-electron chi connectivity index (χ1n) is 10.1. The van der Waals surface area contributed by atoms with E-state index in [0.29, 0.717) is 40.9 Å². The molecule has 34 heavy (non-hydrogen) atoms. The molecule has 0 radical (unpaired) electrons. The minimum atomic E-state index is -3.72. The molecule has 0 saturated carbocycles. The van der Waals surface area contributed by atoms with Gasteiger partial charge >= 0.3 is 0 Å². The summed E-state index contributed by atoms with van der Waals surface area (Å²) in [5.41, 5.74) is 2.31. The number of ether oxygens (including phenoxy) is 3. The van der Waals surface area contributed by atoms with E-state index < -0.39 is 15.9 Å². The second-order valence-corrected chi connectivity index (χ2v) is 10.3. The number of aromatic nitrogens is 1. The maximum Gasteiger partial charge on any atom is 0.264 e. The topological polar surface area (TPSA) is 104 Å². The van der Waals surface area contributed by atoms with Crippen molar-refractivity contribution in [3.63, 3.8) is 0 Å². The van der Waals surface area contributed by atoms with Gasteiger partial charge in [-0.3, -0.25) is 4.79 Å². The Kier molecular flexibility index (Phi) is 6.99. The van der Waals surface area contributed by atoms with Gasteiger partial charge in [0, 0.05) is 22.9 Å². The number of carbonyl (C=O) groups excluding carboxylic acids is 1. The lowest BCUT2D eigenvalue weighted by molar-refractivity contribution is -0.0794. The zero-order chi connectivity index (χ0) is 24.5. The number of rotatable bonds is 7. The number of halogens is 2. The highest BCUT2D eigenvalue weighted by molar-refractivity contribution is 7.89. The average molecular weight is 523 g/mol. The second-order valence-electron chi connectivity index (χ2n) is 7.74. The molecule has 2 aromatic carbocycles. The van der Waals surface area contributed by atoms with Crippen LogP contribution in [0.15, 0.2) is 48.7 Å². The van der Waals surface area contributed by atoms with Crippen molar-refractivity contribution in [3.8, 4) is 28.5 Å². The number of aryl methyl sites for hydroxylation is 1. The summed E-state index contributed by atoms with van der Waals surface area (Å²) in [6, 6.07) is 11.6. The van der Waals surface area contributed by atoms with Gasteiger partial charge in [0.2, 0.25) is 15.9 Å². The molecular weight excluding hydrogens is 503 g/mol. The molecule has 3 aromatic rings. The predicted molar refractivity (Wildman–Crippen MR) is 128 cm³/mol. The summed E-state index contributed by atoms with van der Waals surface area (Å²) in [7, 11) is -3.72. The number of hydrogen-bond acceptors (Lipinski definition) is 7. The summed E-state index contributed by atoms with van der Waals surface area (Å²) in [5.74, 6) is 0.206. The third kappa shape index (κ3) is 5.79. The Hall–Kier alpha value is -2.85. The van der Waals surface area contributed by atoms with E-state index in [0.717, 1.165) is 11.8 Å². The van der Waals surface area contributed by atoms with Crippen molar-refractivity contribution in [3.05, 3.63) is 69.8 Å². The highest BCUT2D eigenvalue weighted by atomic mass is 35.5. The van der Waals surface area contributed by atoms with Gasteiger partial charge in [0.1, 0.15) is 22.6 Å². The Morgan fingerprint density at radius 2 is 1.85 bits per heavy atom. The lowest BCUT2D eigenvalue weighted by atomic mass is 10.0. The minimum Gasteiger partial charge on any atom is -0.485 e. The molecule has 1 N–H and O–H groups in total. The van der Waals surface area contributed by atoms with Crippen LogP contribution in [0, 0.1) is 6.92 Å². The molecule has 1 aliphatic heterocycles. The molecule has 0 bridgehead atoms. The van der Waals surface area contributed by atoms with Crippen molar-refractivity contribution in [2.75, 3.05) is 19.5 Å². The van der Waals surface area contributed by atoms with Crippen LogP contribution in [0.3, 0.4) is 0 Å². The highest BCUT2D eigenvalue weighted by Crippen LogP contribution is 2.38. The van der Waals surface area contributed by atoms with Crippen LogP contribution in [0.25, 0.3) is 11.1 Å². The highest BCUT2D eigenvalue weighted by Gasteiger charge is 2.23. The summed E-state index contributed by atoms with van der Waals surface area (Å²) in [4.78, 5) is 16.7. The van der Waals surface area contributed by atoms with Crippen molar-refractivity contribution < 1.29 is 27.4 Å².